The van der Waals surface area contributed by atoms with Crippen LogP contribution in [-0.4, -0.2) is 19.1 Å². The summed E-state index contributed by atoms with van der Waals surface area (Å²) in [6.07, 6.45) is 0. The van der Waals surface area contributed by atoms with E-state index in [2.05, 4.69) is 17.2 Å². The second kappa shape index (κ2) is 5.14. The van der Waals surface area contributed by atoms with Gasteiger partial charge in [-0.25, -0.2) is 4.79 Å². The van der Waals surface area contributed by atoms with Crippen molar-refractivity contribution in [1.29, 1.82) is 0 Å². The van der Waals surface area contributed by atoms with Crippen LogP contribution in [0.4, 0.5) is 4.79 Å². The van der Waals surface area contributed by atoms with Gasteiger partial charge in [-0.3, -0.25) is 4.79 Å². The lowest BCUT2D eigenvalue weighted by atomic mass is 9.89. The first-order chi connectivity index (χ1) is 9.02. The molecule has 5 heteroatoms. The number of esters is 1. The number of carbonyl (C=O) groups is 2. The minimum atomic E-state index is -0.634. The standard InChI is InChI=1S/C14H16N2O3/c1-8-4-6-10(7-5-8)12-11(13(17)19-3)9(2)15-14(18)16-12/h4-7,11-12H,2H2,1,3H3,(H2,15,16,18). The summed E-state index contributed by atoms with van der Waals surface area (Å²) >= 11 is 0. The fourth-order valence-electron chi connectivity index (χ4n) is 2.14. The summed E-state index contributed by atoms with van der Waals surface area (Å²) < 4.78 is 4.78. The molecule has 19 heavy (non-hydrogen) atoms. The van der Waals surface area contributed by atoms with Gasteiger partial charge in [-0.1, -0.05) is 36.4 Å². The number of carbonyl (C=O) groups excluding carboxylic acids is 2. The molecule has 1 fully saturated rings. The van der Waals surface area contributed by atoms with Gasteiger partial charge in [0.05, 0.1) is 13.2 Å². The van der Waals surface area contributed by atoms with Crippen LogP contribution < -0.4 is 10.6 Å². The van der Waals surface area contributed by atoms with E-state index in [4.69, 9.17) is 4.74 Å². The highest BCUT2D eigenvalue weighted by molar-refractivity contribution is 5.85. The number of hydrogen-bond acceptors (Lipinski definition) is 3. The minimum Gasteiger partial charge on any atom is -0.468 e. The maximum Gasteiger partial charge on any atom is 0.319 e. The monoisotopic (exact) mass is 260 g/mol. The van der Waals surface area contributed by atoms with Gasteiger partial charge in [0.25, 0.3) is 0 Å². The zero-order chi connectivity index (χ0) is 14.0. The summed E-state index contributed by atoms with van der Waals surface area (Å²) in [6.45, 7) is 5.71. The highest BCUT2D eigenvalue weighted by atomic mass is 16.5. The Morgan fingerprint density at radius 2 is 1.95 bits per heavy atom. The van der Waals surface area contributed by atoms with Crippen molar-refractivity contribution in [2.45, 2.75) is 13.0 Å². The molecule has 1 aromatic rings. The molecule has 2 rings (SSSR count). The molecule has 0 saturated carbocycles. The van der Waals surface area contributed by atoms with Crippen molar-refractivity contribution in [2.24, 2.45) is 5.92 Å². The summed E-state index contributed by atoms with van der Waals surface area (Å²) in [5.74, 6) is -1.06. The van der Waals surface area contributed by atoms with E-state index in [1.807, 2.05) is 31.2 Å². The Labute approximate surface area is 111 Å². The van der Waals surface area contributed by atoms with Crippen LogP contribution in [0, 0.1) is 12.8 Å². The predicted octanol–water partition coefficient (Wildman–Crippen LogP) is 1.65. The van der Waals surface area contributed by atoms with Crippen LogP contribution in [0.1, 0.15) is 17.2 Å². The Hall–Kier alpha value is -2.30. The lowest BCUT2D eigenvalue weighted by molar-refractivity contribution is -0.145. The Morgan fingerprint density at radius 3 is 2.53 bits per heavy atom. The van der Waals surface area contributed by atoms with Crippen LogP contribution in [0.2, 0.25) is 0 Å². The van der Waals surface area contributed by atoms with E-state index in [0.717, 1.165) is 11.1 Å². The summed E-state index contributed by atoms with van der Waals surface area (Å²) in [6, 6.07) is 6.80. The maximum absolute atomic E-state index is 11.9. The van der Waals surface area contributed by atoms with Gasteiger partial charge in [-0.15, -0.1) is 0 Å². The quantitative estimate of drug-likeness (QED) is 0.794. The molecule has 100 valence electrons. The molecule has 2 N–H and O–H groups in total. The normalized spacial score (nSPS) is 22.4. The third-order valence-electron chi connectivity index (χ3n) is 3.16. The molecule has 2 atom stereocenters. The number of hydrogen-bond donors (Lipinski definition) is 2. The van der Waals surface area contributed by atoms with E-state index in [1.165, 1.54) is 7.11 Å². The minimum absolute atomic E-state index is 0.348. The first-order valence-electron chi connectivity index (χ1n) is 5.93. The SMILES string of the molecule is C=C1NC(=O)NC(c2ccc(C)cc2)C1C(=O)OC. The molecular weight excluding hydrogens is 244 g/mol. The van der Waals surface area contributed by atoms with Gasteiger partial charge in [0.2, 0.25) is 0 Å². The molecule has 1 aliphatic rings. The zero-order valence-electron chi connectivity index (χ0n) is 10.9. The van der Waals surface area contributed by atoms with Crippen LogP contribution in [0.5, 0.6) is 0 Å². The molecule has 1 heterocycles. The Kier molecular flexibility index (Phi) is 3.55. The van der Waals surface area contributed by atoms with E-state index in [9.17, 15) is 9.59 Å². The fraction of sp³-hybridized carbons (Fsp3) is 0.286. The van der Waals surface area contributed by atoms with E-state index in [0.29, 0.717) is 5.70 Å². The lowest BCUT2D eigenvalue weighted by Gasteiger charge is -2.32. The number of benzene rings is 1. The summed E-state index contributed by atoms with van der Waals surface area (Å²) in [7, 11) is 1.32. The first kappa shape index (κ1) is 13.1. The second-order valence-electron chi connectivity index (χ2n) is 4.51. The maximum atomic E-state index is 11.9. The van der Waals surface area contributed by atoms with Crippen LogP contribution in [-0.2, 0) is 9.53 Å². The van der Waals surface area contributed by atoms with Crippen molar-refractivity contribution in [3.63, 3.8) is 0 Å². The van der Waals surface area contributed by atoms with E-state index >= 15 is 0 Å². The molecule has 0 radical (unpaired) electrons. The Bertz CT molecular complexity index is 522. The smallest absolute Gasteiger partial charge is 0.319 e. The van der Waals surface area contributed by atoms with Crippen LogP contribution >= 0.6 is 0 Å². The number of rotatable bonds is 2. The average Bonchev–Trinajstić information content (AvgIpc) is 2.38. The van der Waals surface area contributed by atoms with Gasteiger partial charge >= 0.3 is 12.0 Å². The van der Waals surface area contributed by atoms with Crippen molar-refractivity contribution in [3.8, 4) is 0 Å². The topological polar surface area (TPSA) is 67.4 Å². The van der Waals surface area contributed by atoms with E-state index < -0.39 is 17.9 Å². The molecule has 0 aromatic heterocycles. The molecule has 0 spiro atoms. The van der Waals surface area contributed by atoms with E-state index in [1.54, 1.807) is 0 Å². The molecule has 1 aliphatic heterocycles. The summed E-state index contributed by atoms with van der Waals surface area (Å²) in [5.41, 5.74) is 2.30. The molecule has 1 aromatic carbocycles. The highest BCUT2D eigenvalue weighted by Crippen LogP contribution is 2.30. The third-order valence-corrected chi connectivity index (χ3v) is 3.16. The van der Waals surface area contributed by atoms with Gasteiger partial charge in [-0.2, -0.15) is 0 Å². The molecule has 2 unspecified atom stereocenters. The zero-order valence-corrected chi connectivity index (χ0v) is 10.9. The van der Waals surface area contributed by atoms with Gasteiger partial charge < -0.3 is 15.4 Å². The second-order valence-corrected chi connectivity index (χ2v) is 4.51. The van der Waals surface area contributed by atoms with Gasteiger partial charge in [0.1, 0.15) is 5.92 Å². The van der Waals surface area contributed by atoms with E-state index in [-0.39, 0.29) is 6.03 Å². The molecule has 2 amide bonds. The number of aryl methyl sites for hydroxylation is 1. The molecule has 0 aliphatic carbocycles. The van der Waals surface area contributed by atoms with Crippen molar-refractivity contribution >= 4 is 12.0 Å². The first-order valence-corrected chi connectivity index (χ1v) is 5.93. The number of methoxy groups -OCH3 is 1. The van der Waals surface area contributed by atoms with Gasteiger partial charge in [-0.05, 0) is 12.5 Å². The highest BCUT2D eigenvalue weighted by Gasteiger charge is 2.38. The van der Waals surface area contributed by atoms with Crippen LogP contribution in [0.25, 0.3) is 0 Å². The van der Waals surface area contributed by atoms with Crippen molar-refractivity contribution in [3.05, 3.63) is 47.7 Å². The predicted molar refractivity (Wildman–Crippen MR) is 70.2 cm³/mol. The number of nitrogens with one attached hydrogen (secondary N) is 2. The van der Waals surface area contributed by atoms with Crippen molar-refractivity contribution < 1.29 is 14.3 Å². The fourth-order valence-corrected chi connectivity index (χ4v) is 2.14. The van der Waals surface area contributed by atoms with Gasteiger partial charge in [0, 0.05) is 5.70 Å². The van der Waals surface area contributed by atoms with Gasteiger partial charge in [0.15, 0.2) is 0 Å². The largest absolute Gasteiger partial charge is 0.468 e. The molecular formula is C14H16N2O3. The van der Waals surface area contributed by atoms with Crippen LogP contribution in [0.3, 0.4) is 0 Å². The number of urea groups is 1. The van der Waals surface area contributed by atoms with Crippen LogP contribution in [0.15, 0.2) is 36.5 Å². The van der Waals surface area contributed by atoms with Crippen molar-refractivity contribution in [1.82, 2.24) is 10.6 Å². The molecule has 5 nitrogen and oxygen atoms in total. The summed E-state index contributed by atoms with van der Waals surface area (Å²) in [5, 5.41) is 5.25. The Balaban J connectivity index is 2.37. The summed E-state index contributed by atoms with van der Waals surface area (Å²) in [4.78, 5) is 23.4. The lowest BCUT2D eigenvalue weighted by Crippen LogP contribution is -2.51. The Morgan fingerprint density at radius 1 is 1.32 bits per heavy atom. The molecule has 1 saturated heterocycles. The molecule has 0 bridgehead atoms. The average molecular weight is 260 g/mol. The third kappa shape index (κ3) is 2.59. The van der Waals surface area contributed by atoms with Crippen molar-refractivity contribution in [2.75, 3.05) is 7.11 Å². The number of amides is 2. The number of ether oxygens (including phenoxy) is 1.